The van der Waals surface area contributed by atoms with Gasteiger partial charge in [-0.2, -0.15) is 4.36 Å². The Morgan fingerprint density at radius 3 is 2.96 bits per heavy atom. The van der Waals surface area contributed by atoms with Crippen LogP contribution in [0, 0.1) is 6.92 Å². The van der Waals surface area contributed by atoms with Crippen LogP contribution in [0.2, 0.25) is 0 Å². The Morgan fingerprint density at radius 1 is 1.36 bits per heavy atom. The van der Waals surface area contributed by atoms with E-state index >= 15 is 0 Å². The number of thiophene rings is 1. The first-order valence-electron chi connectivity index (χ1n) is 9.11. The predicted molar refractivity (Wildman–Crippen MR) is 113 cm³/mol. The van der Waals surface area contributed by atoms with Gasteiger partial charge in [-0.05, 0) is 36.1 Å². The topological polar surface area (TPSA) is 73.7 Å². The van der Waals surface area contributed by atoms with E-state index in [0.29, 0.717) is 18.7 Å². The summed E-state index contributed by atoms with van der Waals surface area (Å²) in [6.45, 7) is 3.43. The van der Waals surface area contributed by atoms with E-state index in [0.717, 1.165) is 45.8 Å². The Balaban J connectivity index is 1.69. The van der Waals surface area contributed by atoms with E-state index in [2.05, 4.69) is 20.4 Å². The van der Waals surface area contributed by atoms with Crippen LogP contribution in [0.1, 0.15) is 23.2 Å². The zero-order valence-electron chi connectivity index (χ0n) is 16.2. The molecule has 1 aliphatic heterocycles. The van der Waals surface area contributed by atoms with Crippen molar-refractivity contribution in [2.24, 2.45) is 4.36 Å². The van der Waals surface area contributed by atoms with Gasteiger partial charge in [-0.3, -0.25) is 0 Å². The van der Waals surface area contributed by atoms with Crippen molar-refractivity contribution in [2.75, 3.05) is 25.7 Å². The number of nitrogens with zero attached hydrogens (tertiary/aromatic N) is 3. The zero-order valence-corrected chi connectivity index (χ0v) is 17.8. The first-order chi connectivity index (χ1) is 13.4. The van der Waals surface area contributed by atoms with Crippen molar-refractivity contribution < 1.29 is 13.7 Å². The van der Waals surface area contributed by atoms with Crippen molar-refractivity contribution >= 4 is 37.7 Å². The Labute approximate surface area is 169 Å². The highest BCUT2D eigenvalue weighted by Gasteiger charge is 2.20. The van der Waals surface area contributed by atoms with Crippen LogP contribution < -0.4 is 4.74 Å². The molecule has 1 fully saturated rings. The van der Waals surface area contributed by atoms with Gasteiger partial charge in [0.05, 0.1) is 30.1 Å². The second-order valence-electron chi connectivity index (χ2n) is 7.26. The molecule has 0 saturated carbocycles. The minimum absolute atomic E-state index is 0.128. The van der Waals surface area contributed by atoms with Crippen molar-refractivity contribution in [1.29, 1.82) is 0 Å². The fraction of sp³-hybridized carbons (Fsp3) is 0.400. The number of rotatable bonds is 5. The zero-order chi connectivity index (χ0) is 19.7. The van der Waals surface area contributed by atoms with Gasteiger partial charge in [0.25, 0.3) is 0 Å². The van der Waals surface area contributed by atoms with Gasteiger partial charge in [0.15, 0.2) is 5.06 Å². The number of aromatic nitrogens is 2. The van der Waals surface area contributed by atoms with E-state index < -0.39 is 9.73 Å². The van der Waals surface area contributed by atoms with E-state index in [1.165, 1.54) is 0 Å². The van der Waals surface area contributed by atoms with Gasteiger partial charge in [0, 0.05) is 46.0 Å². The largest absolute Gasteiger partial charge is 0.478 e. The molecule has 3 aromatic rings. The Hall–Kier alpha value is -2.03. The summed E-state index contributed by atoms with van der Waals surface area (Å²) in [7, 11) is -2.22. The van der Waals surface area contributed by atoms with Gasteiger partial charge in [-0.25, -0.2) is 14.2 Å². The molecular weight excluding hydrogens is 394 g/mol. The van der Waals surface area contributed by atoms with Crippen molar-refractivity contribution in [1.82, 2.24) is 9.97 Å². The van der Waals surface area contributed by atoms with Crippen LogP contribution in [0.4, 0.5) is 5.69 Å². The van der Waals surface area contributed by atoms with E-state index in [-0.39, 0.29) is 6.10 Å². The summed E-state index contributed by atoms with van der Waals surface area (Å²) in [5.41, 5.74) is 4.60. The number of benzene rings is 1. The lowest BCUT2D eigenvalue weighted by molar-refractivity contribution is 0.143. The Kier molecular flexibility index (Phi) is 5.35. The smallest absolute Gasteiger partial charge is 0.177 e. The summed E-state index contributed by atoms with van der Waals surface area (Å²) in [5, 5.41) is 4.00. The minimum atomic E-state index is -2.22. The molecule has 0 N–H and O–H groups in total. The number of ether oxygens (including phenoxy) is 2. The maximum absolute atomic E-state index is 12.0. The summed E-state index contributed by atoms with van der Waals surface area (Å²) < 4.78 is 27.9. The normalized spacial score (nSPS) is 17.2. The molecular formula is C20H23N3O3S2. The van der Waals surface area contributed by atoms with E-state index in [9.17, 15) is 4.21 Å². The average molecular weight is 418 g/mol. The van der Waals surface area contributed by atoms with Crippen LogP contribution in [0.15, 0.2) is 34.3 Å². The molecule has 0 radical (unpaired) electrons. The lowest BCUT2D eigenvalue weighted by Crippen LogP contribution is -2.15. The highest BCUT2D eigenvalue weighted by atomic mass is 32.2. The molecule has 0 aliphatic carbocycles. The van der Waals surface area contributed by atoms with E-state index in [1.807, 2.05) is 24.4 Å². The molecule has 2 aromatic heterocycles. The molecule has 28 heavy (non-hydrogen) atoms. The van der Waals surface area contributed by atoms with Crippen LogP contribution in [0.25, 0.3) is 10.9 Å². The molecule has 1 aliphatic rings. The first kappa shape index (κ1) is 19.3. The van der Waals surface area contributed by atoms with E-state index in [1.54, 1.807) is 30.2 Å². The van der Waals surface area contributed by atoms with Gasteiger partial charge in [0.1, 0.15) is 12.4 Å². The molecule has 148 valence electrons. The molecule has 4 rings (SSSR count). The average Bonchev–Trinajstić information content (AvgIpc) is 3.26. The SMILES string of the molecule is Cc1cc(N=S(C)(C)=O)cc2ncnc(Cc3ccsc3O[C@@H]3CCOC3)c12. The Morgan fingerprint density at radius 2 is 2.21 bits per heavy atom. The monoisotopic (exact) mass is 417 g/mol. The molecule has 6 nitrogen and oxygen atoms in total. The highest BCUT2D eigenvalue weighted by Crippen LogP contribution is 2.33. The van der Waals surface area contributed by atoms with Crippen LogP contribution in [0.5, 0.6) is 5.06 Å². The van der Waals surface area contributed by atoms with Crippen LogP contribution in [-0.2, 0) is 20.9 Å². The third-order valence-electron chi connectivity index (χ3n) is 4.55. The fourth-order valence-corrected chi connectivity index (χ4v) is 4.84. The molecule has 0 bridgehead atoms. The minimum Gasteiger partial charge on any atom is -0.478 e. The quantitative estimate of drug-likeness (QED) is 0.624. The lowest BCUT2D eigenvalue weighted by atomic mass is 10.0. The molecule has 1 aromatic carbocycles. The molecule has 1 saturated heterocycles. The van der Waals surface area contributed by atoms with Crippen LogP contribution in [-0.4, -0.2) is 46.0 Å². The Bertz CT molecular complexity index is 1120. The number of aryl methyl sites for hydroxylation is 1. The summed E-state index contributed by atoms with van der Waals surface area (Å²) >= 11 is 1.61. The van der Waals surface area contributed by atoms with Gasteiger partial charge < -0.3 is 9.47 Å². The number of hydrogen-bond acceptors (Lipinski definition) is 7. The maximum Gasteiger partial charge on any atom is 0.177 e. The van der Waals surface area contributed by atoms with Gasteiger partial charge in [-0.15, -0.1) is 11.3 Å². The summed E-state index contributed by atoms with van der Waals surface area (Å²) in [6.07, 6.45) is 6.56. The van der Waals surface area contributed by atoms with Crippen LogP contribution >= 0.6 is 11.3 Å². The van der Waals surface area contributed by atoms with Gasteiger partial charge in [-0.1, -0.05) is 0 Å². The molecule has 3 heterocycles. The standard InChI is InChI=1S/C20H23N3O3S2/c1-13-8-15(23-28(2,3)24)10-18-19(13)17(21-12-22-18)9-14-5-7-27-20(14)26-16-4-6-25-11-16/h5,7-8,10,12,16H,4,6,9,11H2,1-3H3/t16-/m1/s1. The number of fused-ring (bicyclic) bond motifs is 1. The molecule has 8 heteroatoms. The first-order valence-corrected chi connectivity index (χ1v) is 12.3. The highest BCUT2D eigenvalue weighted by molar-refractivity contribution is 7.92. The summed E-state index contributed by atoms with van der Waals surface area (Å²) in [4.78, 5) is 8.97. The van der Waals surface area contributed by atoms with Gasteiger partial charge >= 0.3 is 0 Å². The third kappa shape index (κ3) is 4.34. The van der Waals surface area contributed by atoms with Crippen molar-refractivity contribution in [3.05, 3.63) is 46.7 Å². The van der Waals surface area contributed by atoms with Crippen molar-refractivity contribution in [3.63, 3.8) is 0 Å². The maximum atomic E-state index is 12.0. The molecule has 1 atom stereocenters. The van der Waals surface area contributed by atoms with E-state index in [4.69, 9.17) is 9.47 Å². The predicted octanol–water partition coefficient (Wildman–Crippen LogP) is 4.12. The lowest BCUT2D eigenvalue weighted by Gasteiger charge is -2.13. The van der Waals surface area contributed by atoms with Crippen LogP contribution in [0.3, 0.4) is 0 Å². The molecule has 0 spiro atoms. The molecule has 0 unspecified atom stereocenters. The second kappa shape index (κ2) is 7.77. The number of hydrogen-bond donors (Lipinski definition) is 0. The third-order valence-corrected chi connectivity index (χ3v) is 6.04. The second-order valence-corrected chi connectivity index (χ2v) is 10.7. The fourth-order valence-electron chi connectivity index (χ4n) is 3.39. The van der Waals surface area contributed by atoms with Gasteiger partial charge in [0.2, 0.25) is 0 Å². The summed E-state index contributed by atoms with van der Waals surface area (Å²) in [5.74, 6) is 0. The van der Waals surface area contributed by atoms with Crippen molar-refractivity contribution in [3.8, 4) is 5.06 Å². The molecule has 0 amide bonds. The summed E-state index contributed by atoms with van der Waals surface area (Å²) in [6, 6.07) is 5.91. The van der Waals surface area contributed by atoms with Crippen molar-refractivity contribution in [2.45, 2.75) is 25.9 Å².